The molecule has 120 valence electrons. The minimum Gasteiger partial charge on any atom is -0.379 e. The Hall–Kier alpha value is -1.92. The molecule has 0 unspecified atom stereocenters. The van der Waals surface area contributed by atoms with Crippen LogP contribution in [-0.4, -0.2) is 61.8 Å². The number of nitrogens with one attached hydrogen (secondary N) is 2. The summed E-state index contributed by atoms with van der Waals surface area (Å²) < 4.78 is 5.35. The first kappa shape index (κ1) is 16.5. The molecule has 1 fully saturated rings. The van der Waals surface area contributed by atoms with E-state index in [2.05, 4.69) is 32.1 Å². The summed E-state index contributed by atoms with van der Waals surface area (Å²) >= 11 is 0. The molecule has 0 radical (unpaired) electrons. The van der Waals surface area contributed by atoms with Gasteiger partial charge in [0, 0.05) is 45.1 Å². The van der Waals surface area contributed by atoms with Gasteiger partial charge in [0.05, 0.1) is 19.8 Å². The minimum absolute atomic E-state index is 0.609. The molecule has 2 rings (SSSR count). The van der Waals surface area contributed by atoms with Crippen molar-refractivity contribution in [3.8, 4) is 0 Å². The van der Waals surface area contributed by atoms with Gasteiger partial charge < -0.3 is 15.4 Å². The molecule has 2 heterocycles. The van der Waals surface area contributed by atoms with Gasteiger partial charge in [0.1, 0.15) is 0 Å². The van der Waals surface area contributed by atoms with Crippen molar-refractivity contribution in [3.63, 3.8) is 0 Å². The van der Waals surface area contributed by atoms with E-state index in [0.29, 0.717) is 13.1 Å². The molecule has 1 aliphatic rings. The summed E-state index contributed by atoms with van der Waals surface area (Å²) in [6.07, 6.45) is 5.43. The molecule has 6 nitrogen and oxygen atoms in total. The van der Waals surface area contributed by atoms with Crippen LogP contribution in [0.5, 0.6) is 0 Å². The van der Waals surface area contributed by atoms with Gasteiger partial charge >= 0.3 is 0 Å². The fourth-order valence-electron chi connectivity index (χ4n) is 2.16. The van der Waals surface area contributed by atoms with E-state index in [9.17, 15) is 0 Å². The highest BCUT2D eigenvalue weighted by Crippen LogP contribution is 1.98. The van der Waals surface area contributed by atoms with Crippen molar-refractivity contribution >= 4 is 5.96 Å². The third kappa shape index (κ3) is 6.24. The summed E-state index contributed by atoms with van der Waals surface area (Å²) in [5, 5.41) is 6.59. The van der Waals surface area contributed by atoms with Crippen molar-refractivity contribution in [1.82, 2.24) is 20.5 Å². The van der Waals surface area contributed by atoms with Gasteiger partial charge in [-0.1, -0.05) is 12.1 Å². The smallest absolute Gasteiger partial charge is 0.191 e. The predicted molar refractivity (Wildman–Crippen MR) is 88.8 cm³/mol. The molecule has 0 aliphatic carbocycles. The molecule has 1 aliphatic heterocycles. The van der Waals surface area contributed by atoms with Crippen LogP contribution in [0.15, 0.2) is 42.2 Å². The van der Waals surface area contributed by atoms with Crippen LogP contribution in [0.25, 0.3) is 0 Å². The minimum atomic E-state index is 0.609. The van der Waals surface area contributed by atoms with Gasteiger partial charge in [0.15, 0.2) is 5.96 Å². The molecule has 1 aromatic rings. The topological polar surface area (TPSA) is 61.8 Å². The van der Waals surface area contributed by atoms with Crippen LogP contribution in [0.3, 0.4) is 0 Å². The molecule has 2 N–H and O–H groups in total. The Morgan fingerprint density at radius 1 is 1.41 bits per heavy atom. The van der Waals surface area contributed by atoms with Gasteiger partial charge in [-0.15, -0.1) is 6.58 Å². The summed E-state index contributed by atoms with van der Waals surface area (Å²) in [5.74, 6) is 0.803. The number of ether oxygens (including phenoxy) is 1. The van der Waals surface area contributed by atoms with E-state index in [4.69, 9.17) is 4.74 Å². The van der Waals surface area contributed by atoms with Crippen molar-refractivity contribution < 1.29 is 4.74 Å². The van der Waals surface area contributed by atoms with Crippen LogP contribution in [0.2, 0.25) is 0 Å². The van der Waals surface area contributed by atoms with Crippen LogP contribution in [0.1, 0.15) is 5.56 Å². The molecule has 0 spiro atoms. The Bertz CT molecular complexity index is 457. The highest BCUT2D eigenvalue weighted by molar-refractivity contribution is 5.79. The first-order chi connectivity index (χ1) is 10.9. The summed E-state index contributed by atoms with van der Waals surface area (Å²) in [6.45, 7) is 10.5. The van der Waals surface area contributed by atoms with Crippen molar-refractivity contribution in [3.05, 3.63) is 42.7 Å². The maximum Gasteiger partial charge on any atom is 0.191 e. The molecule has 0 bridgehead atoms. The average molecular weight is 303 g/mol. The quantitative estimate of drug-likeness (QED) is 0.440. The summed E-state index contributed by atoms with van der Waals surface area (Å²) in [6, 6.07) is 3.95. The van der Waals surface area contributed by atoms with E-state index in [0.717, 1.165) is 50.9 Å². The second-order valence-corrected chi connectivity index (χ2v) is 5.08. The van der Waals surface area contributed by atoms with Gasteiger partial charge in [-0.2, -0.15) is 0 Å². The van der Waals surface area contributed by atoms with Crippen LogP contribution in [0.4, 0.5) is 0 Å². The number of morpholine rings is 1. The Labute approximate surface area is 132 Å². The molecular weight excluding hydrogens is 278 g/mol. The first-order valence-electron chi connectivity index (χ1n) is 7.70. The molecule has 1 aromatic heterocycles. The molecule has 22 heavy (non-hydrogen) atoms. The van der Waals surface area contributed by atoms with Crippen molar-refractivity contribution in [2.45, 2.75) is 6.54 Å². The van der Waals surface area contributed by atoms with Crippen LogP contribution in [-0.2, 0) is 11.3 Å². The summed E-state index contributed by atoms with van der Waals surface area (Å²) in [4.78, 5) is 11.1. The number of pyridine rings is 1. The van der Waals surface area contributed by atoms with Gasteiger partial charge in [0.2, 0.25) is 0 Å². The molecule has 1 saturated heterocycles. The number of guanidine groups is 1. The fourth-order valence-corrected chi connectivity index (χ4v) is 2.16. The lowest BCUT2D eigenvalue weighted by Gasteiger charge is -2.26. The zero-order valence-corrected chi connectivity index (χ0v) is 13.0. The highest BCUT2D eigenvalue weighted by atomic mass is 16.5. The summed E-state index contributed by atoms with van der Waals surface area (Å²) in [5.41, 5.74) is 1.09. The lowest BCUT2D eigenvalue weighted by molar-refractivity contribution is 0.0389. The monoisotopic (exact) mass is 303 g/mol. The van der Waals surface area contributed by atoms with Gasteiger partial charge in [-0.3, -0.25) is 9.88 Å². The van der Waals surface area contributed by atoms with Crippen molar-refractivity contribution in [2.75, 3.05) is 45.9 Å². The average Bonchev–Trinajstić information content (AvgIpc) is 2.58. The van der Waals surface area contributed by atoms with Gasteiger partial charge in [-0.05, 0) is 11.6 Å². The van der Waals surface area contributed by atoms with E-state index >= 15 is 0 Å². The first-order valence-corrected chi connectivity index (χ1v) is 7.70. The largest absolute Gasteiger partial charge is 0.379 e. The van der Waals surface area contributed by atoms with E-state index in [-0.39, 0.29) is 0 Å². The highest BCUT2D eigenvalue weighted by Gasteiger charge is 2.09. The fraction of sp³-hybridized carbons (Fsp3) is 0.500. The molecule has 0 atom stereocenters. The maximum atomic E-state index is 5.35. The van der Waals surface area contributed by atoms with Crippen molar-refractivity contribution in [2.24, 2.45) is 4.99 Å². The lowest BCUT2D eigenvalue weighted by atomic mass is 10.3. The Kier molecular flexibility index (Phi) is 7.41. The van der Waals surface area contributed by atoms with Crippen LogP contribution in [0, 0.1) is 0 Å². The number of hydrogen-bond acceptors (Lipinski definition) is 4. The number of hydrogen-bond donors (Lipinski definition) is 2. The maximum absolute atomic E-state index is 5.35. The van der Waals surface area contributed by atoms with E-state index < -0.39 is 0 Å². The SMILES string of the molecule is C=CCNC(=NCc1cccnc1)NCCN1CCOCC1. The van der Waals surface area contributed by atoms with Crippen LogP contribution < -0.4 is 10.6 Å². The van der Waals surface area contributed by atoms with E-state index in [1.807, 2.05) is 24.4 Å². The molecular formula is C16H25N5O. The second kappa shape index (κ2) is 9.92. The third-order valence-electron chi connectivity index (χ3n) is 3.38. The zero-order chi connectivity index (χ0) is 15.5. The lowest BCUT2D eigenvalue weighted by Crippen LogP contribution is -2.44. The second-order valence-electron chi connectivity index (χ2n) is 5.08. The number of nitrogens with zero attached hydrogens (tertiary/aromatic N) is 3. The van der Waals surface area contributed by atoms with Crippen molar-refractivity contribution in [1.29, 1.82) is 0 Å². The number of aliphatic imine (C=N–C) groups is 1. The van der Waals surface area contributed by atoms with Crippen LogP contribution >= 0.6 is 0 Å². The van der Waals surface area contributed by atoms with Gasteiger partial charge in [-0.25, -0.2) is 4.99 Å². The van der Waals surface area contributed by atoms with E-state index in [1.54, 1.807) is 6.20 Å². The van der Waals surface area contributed by atoms with Gasteiger partial charge in [0.25, 0.3) is 0 Å². The predicted octanol–water partition coefficient (Wildman–Crippen LogP) is 0.635. The molecule has 6 heteroatoms. The molecule has 0 aromatic carbocycles. The Morgan fingerprint density at radius 3 is 3.00 bits per heavy atom. The summed E-state index contributed by atoms with van der Waals surface area (Å²) in [7, 11) is 0. The molecule has 0 saturated carbocycles. The number of aromatic nitrogens is 1. The standard InChI is InChI=1S/C16H25N5O/c1-2-5-18-16(20-14-15-4-3-6-17-13-15)19-7-8-21-9-11-22-12-10-21/h2-4,6,13H,1,5,7-12,14H2,(H2,18,19,20). The van der Waals surface area contributed by atoms with E-state index in [1.165, 1.54) is 0 Å². The Morgan fingerprint density at radius 2 is 2.27 bits per heavy atom. The molecule has 0 amide bonds. The number of rotatable bonds is 7. The Balaban J connectivity index is 1.78. The third-order valence-corrected chi connectivity index (χ3v) is 3.38. The normalized spacial score (nSPS) is 16.3. The zero-order valence-electron chi connectivity index (χ0n) is 13.0.